The zero-order valence-electron chi connectivity index (χ0n) is 15.6. The number of carbonyl (C=O) groups is 2. The number of carbonyl (C=O) groups excluding carboxylic acids is 2. The van der Waals surface area contributed by atoms with E-state index in [-0.39, 0.29) is 24.1 Å². The predicted molar refractivity (Wildman–Crippen MR) is 88.3 cm³/mol. The maximum atomic E-state index is 11.9. The fourth-order valence-corrected chi connectivity index (χ4v) is 2.48. The molecule has 0 N–H and O–H groups in total. The Hall–Kier alpha value is -2.25. The van der Waals surface area contributed by atoms with Crippen LogP contribution in [0.25, 0.3) is 0 Å². The summed E-state index contributed by atoms with van der Waals surface area (Å²) in [7, 11) is 1.34. The number of esters is 1. The van der Waals surface area contributed by atoms with E-state index in [1.54, 1.807) is 11.0 Å². The Bertz CT molecular complexity index is 613. The van der Waals surface area contributed by atoms with E-state index in [2.05, 4.69) is 5.16 Å². The summed E-state index contributed by atoms with van der Waals surface area (Å²) in [5.74, 6) is -0.217. The molecule has 140 valence electrons. The molecule has 0 radical (unpaired) electrons. The smallest absolute Gasteiger partial charge is 0.410 e. The van der Waals surface area contributed by atoms with E-state index in [4.69, 9.17) is 18.7 Å². The van der Waals surface area contributed by atoms with Crippen LogP contribution in [0.3, 0.4) is 0 Å². The minimum atomic E-state index is -0.533. The number of ether oxygens (including phenoxy) is 3. The number of hydrogen-bond donors (Lipinski definition) is 0. The number of aromatic nitrogens is 1. The van der Waals surface area contributed by atoms with Crippen LogP contribution in [0.1, 0.15) is 46.3 Å². The second kappa shape index (κ2) is 7.33. The fourth-order valence-electron chi connectivity index (χ4n) is 2.48. The van der Waals surface area contributed by atoms with Gasteiger partial charge < -0.3 is 23.6 Å². The van der Waals surface area contributed by atoms with Crippen molar-refractivity contribution in [2.24, 2.45) is 5.92 Å². The van der Waals surface area contributed by atoms with Gasteiger partial charge in [-0.25, -0.2) is 4.79 Å². The third kappa shape index (κ3) is 4.87. The van der Waals surface area contributed by atoms with Crippen LogP contribution in [0.4, 0.5) is 4.79 Å². The van der Waals surface area contributed by atoms with Gasteiger partial charge in [0.2, 0.25) is 0 Å². The molecule has 0 spiro atoms. The van der Waals surface area contributed by atoms with Crippen LogP contribution in [0.15, 0.2) is 10.6 Å². The molecule has 2 heterocycles. The lowest BCUT2D eigenvalue weighted by Crippen LogP contribution is -2.57. The van der Waals surface area contributed by atoms with Gasteiger partial charge in [-0.2, -0.15) is 0 Å². The highest BCUT2D eigenvalue weighted by Crippen LogP contribution is 2.29. The molecule has 1 atom stereocenters. The van der Waals surface area contributed by atoms with Crippen molar-refractivity contribution in [2.45, 2.75) is 52.2 Å². The number of methoxy groups -OCH3 is 1. The molecular formula is C17H26N2O6. The number of likely N-dealkylation sites (tertiary alicyclic amines) is 1. The fraction of sp³-hybridized carbons (Fsp3) is 0.706. The van der Waals surface area contributed by atoms with Gasteiger partial charge in [0.15, 0.2) is 5.76 Å². The molecule has 1 fully saturated rings. The van der Waals surface area contributed by atoms with Crippen molar-refractivity contribution in [2.75, 3.05) is 20.2 Å². The van der Waals surface area contributed by atoms with Crippen LogP contribution in [0, 0.1) is 5.92 Å². The molecule has 8 nitrogen and oxygen atoms in total. The molecule has 0 bridgehead atoms. The highest BCUT2D eigenvalue weighted by Gasteiger charge is 2.36. The Balaban J connectivity index is 1.89. The van der Waals surface area contributed by atoms with Gasteiger partial charge in [0, 0.05) is 6.07 Å². The van der Waals surface area contributed by atoms with E-state index in [1.807, 2.05) is 34.6 Å². The predicted octanol–water partition coefficient (Wildman–Crippen LogP) is 2.59. The Morgan fingerprint density at radius 2 is 1.96 bits per heavy atom. The van der Waals surface area contributed by atoms with Crippen LogP contribution in [-0.4, -0.2) is 54.0 Å². The van der Waals surface area contributed by atoms with Gasteiger partial charge >= 0.3 is 12.1 Å². The van der Waals surface area contributed by atoms with Gasteiger partial charge in [0.1, 0.15) is 17.6 Å². The zero-order chi connectivity index (χ0) is 18.8. The second-order valence-electron chi connectivity index (χ2n) is 7.44. The van der Waals surface area contributed by atoms with Crippen LogP contribution in [-0.2, 0) is 14.3 Å². The SMILES string of the molecule is COC(=O)C(c1cc(OC2CN(C(=O)OC(C)(C)C)C2)no1)C(C)C. The summed E-state index contributed by atoms with van der Waals surface area (Å²) in [6.45, 7) is 10.1. The van der Waals surface area contributed by atoms with Crippen molar-refractivity contribution in [3.05, 3.63) is 11.8 Å². The van der Waals surface area contributed by atoms with E-state index in [1.165, 1.54) is 7.11 Å². The van der Waals surface area contributed by atoms with E-state index < -0.39 is 11.5 Å². The lowest BCUT2D eigenvalue weighted by molar-refractivity contribution is -0.144. The summed E-state index contributed by atoms with van der Waals surface area (Å²) in [5.41, 5.74) is -0.524. The quantitative estimate of drug-likeness (QED) is 0.751. The maximum Gasteiger partial charge on any atom is 0.410 e. The van der Waals surface area contributed by atoms with Gasteiger partial charge in [0.25, 0.3) is 5.88 Å². The van der Waals surface area contributed by atoms with Crippen molar-refractivity contribution in [3.8, 4) is 5.88 Å². The monoisotopic (exact) mass is 354 g/mol. The molecular weight excluding hydrogens is 328 g/mol. The van der Waals surface area contributed by atoms with Crippen molar-refractivity contribution in [1.82, 2.24) is 10.1 Å². The first-order valence-corrected chi connectivity index (χ1v) is 8.29. The average Bonchev–Trinajstić information content (AvgIpc) is 2.88. The second-order valence-corrected chi connectivity index (χ2v) is 7.44. The largest absolute Gasteiger partial charge is 0.468 e. The number of hydrogen-bond acceptors (Lipinski definition) is 7. The molecule has 1 saturated heterocycles. The zero-order valence-corrected chi connectivity index (χ0v) is 15.6. The first kappa shape index (κ1) is 19.1. The molecule has 1 aliphatic rings. The summed E-state index contributed by atoms with van der Waals surface area (Å²) in [5, 5.41) is 3.85. The molecule has 1 aromatic rings. The molecule has 8 heteroatoms. The highest BCUT2D eigenvalue weighted by molar-refractivity contribution is 5.77. The van der Waals surface area contributed by atoms with Gasteiger partial charge in [-0.15, -0.1) is 0 Å². The summed E-state index contributed by atoms with van der Waals surface area (Å²) < 4.78 is 21.0. The van der Waals surface area contributed by atoms with E-state index >= 15 is 0 Å². The van der Waals surface area contributed by atoms with E-state index in [0.717, 1.165) is 0 Å². The molecule has 1 aromatic heterocycles. The Morgan fingerprint density at radius 3 is 2.48 bits per heavy atom. The molecule has 1 unspecified atom stereocenters. The third-order valence-corrected chi connectivity index (χ3v) is 3.72. The first-order chi connectivity index (χ1) is 11.6. The standard InChI is InChI=1S/C17H26N2O6/c1-10(2)14(15(20)22-6)12-7-13(18-25-12)23-11-8-19(9-11)16(21)24-17(3,4)5/h7,10-11,14H,8-9H2,1-6H3. The van der Waals surface area contributed by atoms with Crippen molar-refractivity contribution in [1.29, 1.82) is 0 Å². The molecule has 0 aliphatic carbocycles. The van der Waals surface area contributed by atoms with Gasteiger partial charge in [0.05, 0.1) is 20.2 Å². The highest BCUT2D eigenvalue weighted by atomic mass is 16.6. The molecule has 1 amide bonds. The molecule has 2 rings (SSSR count). The minimum absolute atomic E-state index is 0.000359. The minimum Gasteiger partial charge on any atom is -0.468 e. The number of rotatable bonds is 5. The molecule has 0 saturated carbocycles. The Kier molecular flexibility index (Phi) is 5.59. The van der Waals surface area contributed by atoms with Crippen molar-refractivity contribution in [3.63, 3.8) is 0 Å². The van der Waals surface area contributed by atoms with E-state index in [9.17, 15) is 9.59 Å². The van der Waals surface area contributed by atoms with Gasteiger partial charge in [-0.05, 0) is 31.8 Å². The topological polar surface area (TPSA) is 91.1 Å². The molecule has 0 aromatic carbocycles. The van der Waals surface area contributed by atoms with Crippen LogP contribution >= 0.6 is 0 Å². The van der Waals surface area contributed by atoms with Crippen LogP contribution in [0.5, 0.6) is 5.88 Å². The lowest BCUT2D eigenvalue weighted by atomic mass is 9.93. The Labute approximate surface area is 147 Å². The summed E-state index contributed by atoms with van der Waals surface area (Å²) in [4.78, 5) is 25.3. The molecule has 1 aliphatic heterocycles. The number of amides is 1. The summed E-state index contributed by atoms with van der Waals surface area (Å²) in [6, 6.07) is 1.59. The van der Waals surface area contributed by atoms with Crippen molar-refractivity contribution >= 4 is 12.1 Å². The lowest BCUT2D eigenvalue weighted by Gasteiger charge is -2.38. The molecule has 25 heavy (non-hydrogen) atoms. The summed E-state index contributed by atoms with van der Waals surface area (Å²) in [6.07, 6.45) is -0.542. The first-order valence-electron chi connectivity index (χ1n) is 8.29. The van der Waals surface area contributed by atoms with Crippen LogP contribution in [0.2, 0.25) is 0 Å². The van der Waals surface area contributed by atoms with Crippen LogP contribution < -0.4 is 4.74 Å². The third-order valence-electron chi connectivity index (χ3n) is 3.72. The van der Waals surface area contributed by atoms with Gasteiger partial charge in [-0.3, -0.25) is 4.79 Å². The summed E-state index contributed by atoms with van der Waals surface area (Å²) >= 11 is 0. The Morgan fingerprint density at radius 1 is 1.32 bits per heavy atom. The van der Waals surface area contributed by atoms with Gasteiger partial charge in [-0.1, -0.05) is 13.8 Å². The average molecular weight is 354 g/mol. The maximum absolute atomic E-state index is 11.9. The van der Waals surface area contributed by atoms with E-state index in [0.29, 0.717) is 24.7 Å². The normalized spacial score (nSPS) is 16.4. The number of nitrogens with zero attached hydrogens (tertiary/aromatic N) is 2. The van der Waals surface area contributed by atoms with Crippen molar-refractivity contribution < 1.29 is 28.3 Å².